The molecule has 0 spiro atoms. The molecule has 0 bridgehead atoms. The summed E-state index contributed by atoms with van der Waals surface area (Å²) < 4.78 is 44.4. The van der Waals surface area contributed by atoms with E-state index in [1.54, 1.807) is 0 Å². The van der Waals surface area contributed by atoms with Crippen LogP contribution in [0, 0.1) is 0 Å². The van der Waals surface area contributed by atoms with Crippen molar-refractivity contribution in [2.24, 2.45) is 0 Å². The van der Waals surface area contributed by atoms with Crippen molar-refractivity contribution in [3.05, 3.63) is 264 Å². The number of fused-ring (bicyclic) bond motifs is 5. The Labute approximate surface area is 360 Å². The minimum atomic E-state index is -0.594. The van der Waals surface area contributed by atoms with E-state index in [0.29, 0.717) is 11.4 Å². The maximum absolute atomic E-state index is 9.22. The molecule has 0 aromatic heterocycles. The van der Waals surface area contributed by atoms with Crippen molar-refractivity contribution in [3.8, 4) is 22.3 Å². The van der Waals surface area contributed by atoms with Crippen molar-refractivity contribution in [3.63, 3.8) is 0 Å². The van der Waals surface area contributed by atoms with E-state index in [9.17, 15) is 2.74 Å². The molecule has 0 N–H and O–H groups in total. The summed E-state index contributed by atoms with van der Waals surface area (Å²) in [6.45, 7) is 4.55. The van der Waals surface area contributed by atoms with Crippen molar-refractivity contribution in [2.75, 3.05) is 9.80 Å². The monoisotopic (exact) mass is 773 g/mol. The standard InChI is InChI=1S/C58H44N2/c1-57(2)53-39-44(58(43-21-9-4-10-22-43)51-29-17-15-27-49(51)50-28-16-18-30-52(50)58)33-37-55(53)60(46-25-13-6-14-26-46)56-38-36-48(40-54(56)57)59(45-23-11-5-12-24-45)47-34-31-42(32-35-47)41-19-7-3-8-20-41/h3-40H,1-2H3/i5D,11D,12D,23D,24D. The van der Waals surface area contributed by atoms with E-state index in [-0.39, 0.29) is 29.9 Å². The summed E-state index contributed by atoms with van der Waals surface area (Å²) in [6.07, 6.45) is 0. The molecule has 0 amide bonds. The van der Waals surface area contributed by atoms with Crippen molar-refractivity contribution in [1.29, 1.82) is 0 Å². The minimum absolute atomic E-state index is 0.0861. The SMILES string of the molecule is [2H]c1c([2H])c([2H])c(N(c2ccc(-c3ccccc3)cc2)c2ccc3c(c2)C(C)(C)c2cc(C4(c5ccccc5)c5ccccc5-c5ccccc54)ccc2N3c2ccccc2)c([2H])c1[2H]. The molecule has 0 saturated carbocycles. The van der Waals surface area contributed by atoms with E-state index in [1.807, 2.05) is 59.5 Å². The Hall–Kier alpha value is -7.42. The Balaban J connectivity index is 1.15. The topological polar surface area (TPSA) is 6.48 Å². The first-order valence-corrected chi connectivity index (χ1v) is 20.5. The number of anilines is 6. The van der Waals surface area contributed by atoms with Crippen LogP contribution in [0.5, 0.6) is 0 Å². The molecule has 11 rings (SSSR count). The van der Waals surface area contributed by atoms with Crippen molar-refractivity contribution in [1.82, 2.24) is 0 Å². The Bertz CT molecular complexity index is 3220. The summed E-state index contributed by atoms with van der Waals surface area (Å²) in [5.74, 6) is 0. The third-order valence-electron chi connectivity index (χ3n) is 12.6. The quantitative estimate of drug-likeness (QED) is 0.159. The second-order valence-electron chi connectivity index (χ2n) is 16.2. The first-order chi connectivity index (χ1) is 31.6. The lowest BCUT2D eigenvalue weighted by Gasteiger charge is -2.44. The van der Waals surface area contributed by atoms with Gasteiger partial charge in [0.05, 0.1) is 23.6 Å². The maximum Gasteiger partial charge on any atom is 0.0713 e. The van der Waals surface area contributed by atoms with Crippen LogP contribution >= 0.6 is 0 Å². The highest BCUT2D eigenvalue weighted by atomic mass is 15.2. The van der Waals surface area contributed by atoms with E-state index < -0.39 is 16.9 Å². The molecule has 0 radical (unpaired) electrons. The van der Waals surface area contributed by atoms with Gasteiger partial charge in [0, 0.05) is 28.2 Å². The predicted octanol–water partition coefficient (Wildman–Crippen LogP) is 15.3. The van der Waals surface area contributed by atoms with Crippen LogP contribution in [0.3, 0.4) is 0 Å². The van der Waals surface area contributed by atoms with E-state index in [1.165, 1.54) is 33.4 Å². The lowest BCUT2D eigenvalue weighted by atomic mass is 9.65. The normalized spacial score (nSPS) is 15.2. The fourth-order valence-corrected chi connectivity index (χ4v) is 9.86. The van der Waals surface area contributed by atoms with Gasteiger partial charge in [0.2, 0.25) is 0 Å². The van der Waals surface area contributed by atoms with Crippen LogP contribution in [0.2, 0.25) is 0 Å². The molecule has 9 aromatic rings. The van der Waals surface area contributed by atoms with Gasteiger partial charge in [-0.15, -0.1) is 0 Å². The average molecular weight is 774 g/mol. The Kier molecular flexibility index (Phi) is 7.22. The van der Waals surface area contributed by atoms with E-state index >= 15 is 0 Å². The zero-order chi connectivity index (χ0) is 44.6. The summed E-state index contributed by atoms with van der Waals surface area (Å²) in [4.78, 5) is 4.15. The van der Waals surface area contributed by atoms with Crippen LogP contribution in [0.15, 0.2) is 230 Å². The highest BCUT2D eigenvalue weighted by Gasteiger charge is 2.47. The molecule has 0 fully saturated rings. The fourth-order valence-electron chi connectivity index (χ4n) is 9.86. The number of benzene rings is 9. The van der Waals surface area contributed by atoms with E-state index in [2.05, 4.69) is 164 Å². The van der Waals surface area contributed by atoms with Gasteiger partial charge in [0.25, 0.3) is 0 Å². The highest BCUT2D eigenvalue weighted by Crippen LogP contribution is 2.59. The first kappa shape index (κ1) is 30.6. The summed E-state index contributed by atoms with van der Waals surface area (Å²) in [7, 11) is 0. The third kappa shape index (κ3) is 5.48. The molecule has 2 aliphatic rings. The second kappa shape index (κ2) is 14.1. The van der Waals surface area contributed by atoms with Gasteiger partial charge in [0.1, 0.15) is 0 Å². The number of rotatable bonds is 7. The molecule has 2 nitrogen and oxygen atoms in total. The van der Waals surface area contributed by atoms with Gasteiger partial charge in [0.15, 0.2) is 0 Å². The predicted molar refractivity (Wildman–Crippen MR) is 251 cm³/mol. The molecule has 9 aromatic carbocycles. The number of nitrogens with zero attached hydrogens (tertiary/aromatic N) is 2. The molecule has 0 saturated heterocycles. The van der Waals surface area contributed by atoms with Gasteiger partial charge in [-0.25, -0.2) is 0 Å². The molecule has 1 heterocycles. The molecule has 1 aliphatic carbocycles. The lowest BCUT2D eigenvalue weighted by Crippen LogP contribution is -2.33. The van der Waals surface area contributed by atoms with Gasteiger partial charge >= 0.3 is 0 Å². The highest BCUT2D eigenvalue weighted by molar-refractivity contribution is 5.91. The molecule has 1 aliphatic heterocycles. The summed E-state index contributed by atoms with van der Waals surface area (Å²) in [5.41, 5.74) is 14.9. The van der Waals surface area contributed by atoms with Crippen molar-refractivity contribution >= 4 is 34.1 Å². The molecular formula is C58H44N2. The third-order valence-corrected chi connectivity index (χ3v) is 12.6. The van der Waals surface area contributed by atoms with Crippen LogP contribution in [-0.4, -0.2) is 0 Å². The van der Waals surface area contributed by atoms with E-state index in [4.69, 9.17) is 4.11 Å². The number of hydrogen-bond donors (Lipinski definition) is 0. The van der Waals surface area contributed by atoms with Gasteiger partial charge in [-0.2, -0.15) is 0 Å². The molecular weight excluding hydrogens is 725 g/mol. The van der Waals surface area contributed by atoms with Crippen LogP contribution in [-0.2, 0) is 10.8 Å². The Morgan fingerprint density at radius 3 is 1.58 bits per heavy atom. The smallest absolute Gasteiger partial charge is 0.0713 e. The largest absolute Gasteiger partial charge is 0.310 e. The molecule has 2 heteroatoms. The zero-order valence-corrected chi connectivity index (χ0v) is 33.4. The second-order valence-corrected chi connectivity index (χ2v) is 16.2. The lowest BCUT2D eigenvalue weighted by molar-refractivity contribution is 0.627. The molecule has 0 atom stereocenters. The van der Waals surface area contributed by atoms with Gasteiger partial charge < -0.3 is 9.80 Å². The molecule has 0 unspecified atom stereocenters. The van der Waals surface area contributed by atoms with Gasteiger partial charge in [-0.3, -0.25) is 0 Å². The van der Waals surface area contributed by atoms with Gasteiger partial charge in [-0.05, 0) is 116 Å². The minimum Gasteiger partial charge on any atom is -0.310 e. The fraction of sp³-hybridized carbons (Fsp3) is 0.0690. The molecule has 60 heavy (non-hydrogen) atoms. The zero-order valence-electron chi connectivity index (χ0n) is 38.4. The van der Waals surface area contributed by atoms with Crippen molar-refractivity contribution < 1.29 is 6.85 Å². The van der Waals surface area contributed by atoms with Crippen LogP contribution in [0.4, 0.5) is 34.1 Å². The van der Waals surface area contributed by atoms with Crippen LogP contribution < -0.4 is 9.80 Å². The Morgan fingerprint density at radius 2 is 0.933 bits per heavy atom. The molecule has 286 valence electrons. The number of hydrogen-bond acceptors (Lipinski definition) is 2. The average Bonchev–Trinajstić information content (AvgIpc) is 3.66. The maximum atomic E-state index is 9.22. The van der Waals surface area contributed by atoms with Crippen LogP contribution in [0.25, 0.3) is 22.3 Å². The van der Waals surface area contributed by atoms with E-state index in [0.717, 1.165) is 39.3 Å². The first-order valence-electron chi connectivity index (χ1n) is 23.0. The summed E-state index contributed by atoms with van der Waals surface area (Å²) in [6, 6.07) is 68.5. The van der Waals surface area contributed by atoms with Gasteiger partial charge in [-0.1, -0.05) is 184 Å². The van der Waals surface area contributed by atoms with Crippen molar-refractivity contribution in [2.45, 2.75) is 24.7 Å². The summed E-state index contributed by atoms with van der Waals surface area (Å²) >= 11 is 0. The summed E-state index contributed by atoms with van der Waals surface area (Å²) in [5, 5.41) is 0. The van der Waals surface area contributed by atoms with Crippen LogP contribution in [0.1, 0.15) is 54.1 Å². The Morgan fingerprint density at radius 1 is 0.417 bits per heavy atom. The number of para-hydroxylation sites is 2.